The van der Waals surface area contributed by atoms with E-state index in [0.29, 0.717) is 25.3 Å². The molecule has 20 heavy (non-hydrogen) atoms. The van der Waals surface area contributed by atoms with Crippen molar-refractivity contribution in [3.05, 3.63) is 0 Å². The molecule has 3 N–H and O–H groups in total. The van der Waals surface area contributed by atoms with Gasteiger partial charge in [-0.25, -0.2) is 0 Å². The summed E-state index contributed by atoms with van der Waals surface area (Å²) in [4.78, 5) is 25.3. The van der Waals surface area contributed by atoms with Crippen LogP contribution in [0.3, 0.4) is 0 Å². The van der Waals surface area contributed by atoms with E-state index in [-0.39, 0.29) is 36.3 Å². The Bertz CT molecular complexity index is 351. The van der Waals surface area contributed by atoms with E-state index < -0.39 is 0 Å². The average molecular weight is 304 g/mol. The van der Waals surface area contributed by atoms with Gasteiger partial charge in [-0.1, -0.05) is 6.42 Å². The number of hydrogen-bond acceptors (Lipinski definition) is 3. The van der Waals surface area contributed by atoms with Gasteiger partial charge in [0.2, 0.25) is 11.8 Å². The van der Waals surface area contributed by atoms with Crippen LogP contribution < -0.4 is 11.1 Å². The van der Waals surface area contributed by atoms with E-state index in [4.69, 9.17) is 5.73 Å². The van der Waals surface area contributed by atoms with Gasteiger partial charge >= 0.3 is 0 Å². The number of nitrogens with one attached hydrogen (secondary N) is 1. The summed E-state index contributed by atoms with van der Waals surface area (Å²) in [6.45, 7) is 3.41. The number of rotatable bonds is 5. The third-order valence-corrected chi connectivity index (χ3v) is 4.24. The van der Waals surface area contributed by atoms with Crippen molar-refractivity contribution in [2.24, 2.45) is 11.7 Å². The molecule has 2 rings (SSSR count). The number of carbonyl (C=O) groups is 2. The quantitative estimate of drug-likeness (QED) is 0.797. The maximum absolute atomic E-state index is 11.9. The van der Waals surface area contributed by atoms with E-state index in [9.17, 15) is 9.59 Å². The van der Waals surface area contributed by atoms with Crippen LogP contribution in [-0.4, -0.2) is 41.9 Å². The molecule has 0 aromatic rings. The maximum Gasteiger partial charge on any atom is 0.222 e. The maximum atomic E-state index is 11.9. The molecule has 2 aliphatic rings. The van der Waals surface area contributed by atoms with Gasteiger partial charge in [-0.2, -0.15) is 0 Å². The minimum atomic E-state index is 0. The summed E-state index contributed by atoms with van der Waals surface area (Å²) in [5, 5.41) is 2.99. The van der Waals surface area contributed by atoms with Crippen LogP contribution in [0.25, 0.3) is 0 Å². The Morgan fingerprint density at radius 1 is 1.45 bits per heavy atom. The lowest BCUT2D eigenvalue weighted by Gasteiger charge is -2.23. The molecule has 0 aromatic carbocycles. The second-order valence-electron chi connectivity index (χ2n) is 5.97. The zero-order valence-electron chi connectivity index (χ0n) is 12.1. The first-order valence-corrected chi connectivity index (χ1v) is 7.39. The Labute approximate surface area is 127 Å². The van der Waals surface area contributed by atoms with Crippen LogP contribution in [0.15, 0.2) is 0 Å². The van der Waals surface area contributed by atoms with Crippen LogP contribution in [0.5, 0.6) is 0 Å². The van der Waals surface area contributed by atoms with Crippen molar-refractivity contribution in [1.82, 2.24) is 10.2 Å². The monoisotopic (exact) mass is 303 g/mol. The van der Waals surface area contributed by atoms with E-state index in [0.717, 1.165) is 32.2 Å². The third-order valence-electron chi connectivity index (χ3n) is 4.24. The molecular formula is C14H26ClN3O2. The van der Waals surface area contributed by atoms with Gasteiger partial charge in [0.25, 0.3) is 0 Å². The molecule has 1 aliphatic carbocycles. The van der Waals surface area contributed by atoms with Crippen LogP contribution in [0.2, 0.25) is 0 Å². The minimum absolute atomic E-state index is 0. The molecule has 3 atom stereocenters. The number of carbonyl (C=O) groups excluding carboxylic acids is 2. The van der Waals surface area contributed by atoms with Crippen LogP contribution >= 0.6 is 12.4 Å². The molecule has 0 bridgehead atoms. The molecule has 2 amide bonds. The topological polar surface area (TPSA) is 75.4 Å². The number of likely N-dealkylation sites (tertiary alicyclic amines) is 1. The van der Waals surface area contributed by atoms with Gasteiger partial charge in [-0.05, 0) is 32.1 Å². The molecule has 1 saturated heterocycles. The number of nitrogens with two attached hydrogens (primary N) is 1. The van der Waals surface area contributed by atoms with Crippen LogP contribution in [-0.2, 0) is 9.59 Å². The molecule has 1 heterocycles. The first kappa shape index (κ1) is 17.2. The van der Waals surface area contributed by atoms with E-state index >= 15 is 0 Å². The standard InChI is InChI=1S/C14H25N3O2.ClH/c1-10(9-17-7-3-6-14(17)19)16-13(18)8-11-4-2-5-12(11)15;/h10-12H,2-9,15H2,1H3,(H,16,18);1H/t10?,11-,12+;/m0./s1. The van der Waals surface area contributed by atoms with Gasteiger partial charge in [-0.15, -0.1) is 12.4 Å². The SMILES string of the molecule is CC(CN1CCCC1=O)NC(=O)C[C@@H]1CCC[C@H]1N.Cl. The number of hydrogen-bond donors (Lipinski definition) is 2. The second kappa shape index (κ2) is 7.84. The first-order valence-electron chi connectivity index (χ1n) is 7.39. The first-order chi connectivity index (χ1) is 9.06. The largest absolute Gasteiger partial charge is 0.352 e. The Morgan fingerprint density at radius 2 is 2.20 bits per heavy atom. The molecular weight excluding hydrogens is 278 g/mol. The van der Waals surface area contributed by atoms with E-state index in [1.54, 1.807) is 0 Å². The molecule has 0 spiro atoms. The Morgan fingerprint density at radius 3 is 2.75 bits per heavy atom. The number of halogens is 1. The Balaban J connectivity index is 0.00000200. The van der Waals surface area contributed by atoms with Gasteiger partial charge < -0.3 is 16.0 Å². The lowest BCUT2D eigenvalue weighted by atomic mass is 10.00. The van der Waals surface area contributed by atoms with Crippen molar-refractivity contribution < 1.29 is 9.59 Å². The highest BCUT2D eigenvalue weighted by Gasteiger charge is 2.27. The van der Waals surface area contributed by atoms with Gasteiger partial charge in [0.15, 0.2) is 0 Å². The minimum Gasteiger partial charge on any atom is -0.352 e. The fraction of sp³-hybridized carbons (Fsp3) is 0.857. The van der Waals surface area contributed by atoms with Crippen LogP contribution in [0.1, 0.15) is 45.4 Å². The smallest absolute Gasteiger partial charge is 0.222 e. The molecule has 2 fully saturated rings. The average Bonchev–Trinajstić information content (AvgIpc) is 2.90. The van der Waals surface area contributed by atoms with Crippen LogP contribution in [0, 0.1) is 5.92 Å². The highest BCUT2D eigenvalue weighted by atomic mass is 35.5. The van der Waals surface area contributed by atoms with Crippen molar-refractivity contribution in [2.45, 2.75) is 57.5 Å². The van der Waals surface area contributed by atoms with Crippen molar-refractivity contribution in [1.29, 1.82) is 0 Å². The summed E-state index contributed by atoms with van der Waals surface area (Å²) in [6.07, 6.45) is 5.35. The molecule has 5 nitrogen and oxygen atoms in total. The number of nitrogens with zero attached hydrogens (tertiary/aromatic N) is 1. The van der Waals surface area contributed by atoms with E-state index in [1.807, 2.05) is 11.8 Å². The Hall–Kier alpha value is -0.810. The number of amides is 2. The summed E-state index contributed by atoms with van der Waals surface area (Å²) >= 11 is 0. The fourth-order valence-corrected chi connectivity index (χ4v) is 3.16. The van der Waals surface area contributed by atoms with E-state index in [1.165, 1.54) is 0 Å². The second-order valence-corrected chi connectivity index (χ2v) is 5.97. The van der Waals surface area contributed by atoms with Gasteiger partial charge in [0.1, 0.15) is 0 Å². The predicted octanol–water partition coefficient (Wildman–Crippen LogP) is 1.05. The van der Waals surface area contributed by atoms with Gasteiger partial charge in [-0.3, -0.25) is 9.59 Å². The summed E-state index contributed by atoms with van der Waals surface area (Å²) in [5.41, 5.74) is 5.98. The molecule has 0 aromatic heterocycles. The van der Waals surface area contributed by atoms with Crippen molar-refractivity contribution >= 4 is 24.2 Å². The predicted molar refractivity (Wildman–Crippen MR) is 80.6 cm³/mol. The van der Waals surface area contributed by atoms with E-state index in [2.05, 4.69) is 5.32 Å². The normalized spacial score (nSPS) is 27.3. The van der Waals surface area contributed by atoms with Crippen molar-refractivity contribution in [3.8, 4) is 0 Å². The highest BCUT2D eigenvalue weighted by molar-refractivity contribution is 5.85. The zero-order valence-corrected chi connectivity index (χ0v) is 13.0. The third kappa shape index (κ3) is 4.63. The molecule has 1 saturated carbocycles. The summed E-state index contributed by atoms with van der Waals surface area (Å²) in [5.74, 6) is 0.612. The lowest BCUT2D eigenvalue weighted by Crippen LogP contribution is -2.43. The summed E-state index contributed by atoms with van der Waals surface area (Å²) in [6, 6.07) is 0.202. The molecule has 6 heteroatoms. The summed E-state index contributed by atoms with van der Waals surface area (Å²) < 4.78 is 0. The van der Waals surface area contributed by atoms with Crippen molar-refractivity contribution in [3.63, 3.8) is 0 Å². The molecule has 1 aliphatic heterocycles. The zero-order chi connectivity index (χ0) is 13.8. The Kier molecular flexibility index (Phi) is 6.76. The fourth-order valence-electron chi connectivity index (χ4n) is 3.16. The highest BCUT2D eigenvalue weighted by Crippen LogP contribution is 2.26. The van der Waals surface area contributed by atoms with Crippen molar-refractivity contribution in [2.75, 3.05) is 13.1 Å². The van der Waals surface area contributed by atoms with Gasteiger partial charge in [0, 0.05) is 38.0 Å². The van der Waals surface area contributed by atoms with Gasteiger partial charge in [0.05, 0.1) is 0 Å². The molecule has 116 valence electrons. The molecule has 1 unspecified atom stereocenters. The lowest BCUT2D eigenvalue weighted by molar-refractivity contribution is -0.129. The van der Waals surface area contributed by atoms with Crippen LogP contribution in [0.4, 0.5) is 0 Å². The molecule has 0 radical (unpaired) electrons. The summed E-state index contributed by atoms with van der Waals surface area (Å²) in [7, 11) is 0.